The molecule has 0 aliphatic carbocycles. The number of H-pyrrole nitrogens is 1. The maximum Gasteiger partial charge on any atom is 0.291 e. The van der Waals surface area contributed by atoms with Gasteiger partial charge in [-0.1, -0.05) is 26.7 Å². The molecular weight excluding hydrogens is 230 g/mol. The number of aromatic amines is 1. The number of aromatic nitrogens is 3. The molecule has 0 saturated carbocycles. The van der Waals surface area contributed by atoms with Crippen molar-refractivity contribution in [2.45, 2.75) is 39.5 Å². The summed E-state index contributed by atoms with van der Waals surface area (Å²) in [6.45, 7) is 6.05. The van der Waals surface area contributed by atoms with E-state index in [1.54, 1.807) is 0 Å². The van der Waals surface area contributed by atoms with E-state index in [1.807, 2.05) is 4.90 Å². The van der Waals surface area contributed by atoms with Crippen LogP contribution in [0.2, 0.25) is 0 Å². The first-order valence-electron chi connectivity index (χ1n) is 6.57. The summed E-state index contributed by atoms with van der Waals surface area (Å²) in [5, 5.41) is 6.26. The number of nitrogens with zero attached hydrogens (tertiary/aromatic N) is 3. The second-order valence-electron chi connectivity index (χ2n) is 5.04. The fraction of sp³-hybridized carbons (Fsp3) is 0.750. The second-order valence-corrected chi connectivity index (χ2v) is 5.04. The molecule has 1 aromatic heterocycles. The molecule has 1 aliphatic rings. The highest BCUT2D eigenvalue weighted by atomic mass is 16.2. The second kappa shape index (κ2) is 4.96. The number of carbonyl (C=O) groups is 1. The van der Waals surface area contributed by atoms with Gasteiger partial charge in [0, 0.05) is 13.1 Å². The van der Waals surface area contributed by atoms with Crippen molar-refractivity contribution in [3.8, 4) is 0 Å². The number of nitrogens with one attached hydrogen (secondary N) is 1. The van der Waals surface area contributed by atoms with Crippen LogP contribution in [0.3, 0.4) is 0 Å². The van der Waals surface area contributed by atoms with Gasteiger partial charge in [-0.05, 0) is 18.3 Å². The third-order valence-electron chi connectivity index (χ3n) is 4.32. The summed E-state index contributed by atoms with van der Waals surface area (Å²) < 4.78 is 0. The summed E-state index contributed by atoms with van der Waals surface area (Å²) in [6.07, 6.45) is 4.49. The van der Waals surface area contributed by atoms with Gasteiger partial charge in [0.15, 0.2) is 0 Å². The predicted molar refractivity (Wildman–Crippen MR) is 68.9 cm³/mol. The van der Waals surface area contributed by atoms with E-state index in [1.165, 1.54) is 12.8 Å². The molecule has 0 spiro atoms. The van der Waals surface area contributed by atoms with Crippen molar-refractivity contribution in [3.05, 3.63) is 5.82 Å². The molecule has 0 radical (unpaired) electrons. The van der Waals surface area contributed by atoms with Crippen molar-refractivity contribution in [3.63, 3.8) is 0 Å². The van der Waals surface area contributed by atoms with Crippen molar-refractivity contribution in [2.24, 2.45) is 5.41 Å². The number of rotatable bonds is 3. The van der Waals surface area contributed by atoms with Gasteiger partial charge in [0.1, 0.15) is 0 Å². The molecule has 18 heavy (non-hydrogen) atoms. The fourth-order valence-electron chi connectivity index (χ4n) is 2.66. The average Bonchev–Trinajstić information content (AvgIpc) is 2.85. The molecule has 0 unspecified atom stereocenters. The lowest BCUT2D eigenvalue weighted by atomic mass is 9.74. The van der Waals surface area contributed by atoms with E-state index in [0.717, 1.165) is 25.9 Å². The summed E-state index contributed by atoms with van der Waals surface area (Å²) in [6, 6.07) is 0. The highest BCUT2D eigenvalue weighted by molar-refractivity contribution is 5.90. The summed E-state index contributed by atoms with van der Waals surface area (Å²) in [7, 11) is 0. The van der Waals surface area contributed by atoms with Crippen LogP contribution >= 0.6 is 0 Å². The molecule has 2 rings (SSSR count). The van der Waals surface area contributed by atoms with Crippen LogP contribution in [0.5, 0.6) is 0 Å². The average molecular weight is 251 g/mol. The van der Waals surface area contributed by atoms with Crippen LogP contribution in [0.25, 0.3) is 0 Å². The maximum absolute atomic E-state index is 12.1. The SMILES string of the molecule is CCC1(CC)CCN(C(=O)c2nc(N)n[nH]2)CC1. The van der Waals surface area contributed by atoms with E-state index >= 15 is 0 Å². The van der Waals surface area contributed by atoms with Crippen molar-refractivity contribution in [1.82, 2.24) is 20.1 Å². The Labute approximate surface area is 107 Å². The molecular formula is C12H21N5O. The number of hydrogen-bond acceptors (Lipinski definition) is 4. The summed E-state index contributed by atoms with van der Waals surface area (Å²) >= 11 is 0. The van der Waals surface area contributed by atoms with Gasteiger partial charge >= 0.3 is 0 Å². The van der Waals surface area contributed by atoms with Crippen molar-refractivity contribution in [1.29, 1.82) is 0 Å². The molecule has 0 bridgehead atoms. The smallest absolute Gasteiger partial charge is 0.291 e. The molecule has 0 aromatic carbocycles. The minimum Gasteiger partial charge on any atom is -0.366 e. The molecule has 6 heteroatoms. The first kappa shape index (κ1) is 12.9. The van der Waals surface area contributed by atoms with E-state index < -0.39 is 0 Å². The number of nitrogens with two attached hydrogens (primary N) is 1. The zero-order chi connectivity index (χ0) is 13.2. The van der Waals surface area contributed by atoms with Gasteiger partial charge in [0.25, 0.3) is 5.91 Å². The van der Waals surface area contributed by atoms with Crippen LogP contribution < -0.4 is 5.73 Å². The van der Waals surface area contributed by atoms with E-state index in [9.17, 15) is 4.79 Å². The molecule has 1 aliphatic heterocycles. The predicted octanol–water partition coefficient (Wildman–Crippen LogP) is 1.43. The maximum atomic E-state index is 12.1. The summed E-state index contributed by atoms with van der Waals surface area (Å²) in [5.41, 5.74) is 5.82. The van der Waals surface area contributed by atoms with Gasteiger partial charge in [-0.15, -0.1) is 5.10 Å². The van der Waals surface area contributed by atoms with Gasteiger partial charge in [0.2, 0.25) is 11.8 Å². The number of anilines is 1. The summed E-state index contributed by atoms with van der Waals surface area (Å²) in [4.78, 5) is 17.9. The van der Waals surface area contributed by atoms with E-state index in [2.05, 4.69) is 29.0 Å². The Hall–Kier alpha value is -1.59. The zero-order valence-corrected chi connectivity index (χ0v) is 11.1. The first-order valence-corrected chi connectivity index (χ1v) is 6.57. The molecule has 0 atom stereocenters. The van der Waals surface area contributed by atoms with Crippen LogP contribution in [-0.4, -0.2) is 39.1 Å². The molecule has 2 heterocycles. The number of carbonyl (C=O) groups excluding carboxylic acids is 1. The van der Waals surface area contributed by atoms with Crippen LogP contribution in [0.1, 0.15) is 50.1 Å². The highest BCUT2D eigenvalue weighted by Crippen LogP contribution is 2.38. The fourth-order valence-corrected chi connectivity index (χ4v) is 2.66. The third-order valence-corrected chi connectivity index (χ3v) is 4.32. The van der Waals surface area contributed by atoms with Crippen LogP contribution in [0.15, 0.2) is 0 Å². The van der Waals surface area contributed by atoms with E-state index in [-0.39, 0.29) is 17.7 Å². The topological polar surface area (TPSA) is 87.9 Å². The number of amides is 1. The van der Waals surface area contributed by atoms with Crippen molar-refractivity contribution >= 4 is 11.9 Å². The Morgan fingerprint density at radius 3 is 2.44 bits per heavy atom. The normalized spacial score (nSPS) is 18.9. The largest absolute Gasteiger partial charge is 0.366 e. The lowest BCUT2D eigenvalue weighted by Gasteiger charge is -2.40. The molecule has 1 aromatic rings. The lowest BCUT2D eigenvalue weighted by molar-refractivity contribution is 0.0547. The molecule has 1 amide bonds. The number of likely N-dealkylation sites (tertiary alicyclic amines) is 1. The summed E-state index contributed by atoms with van der Waals surface area (Å²) in [5.74, 6) is 0.264. The lowest BCUT2D eigenvalue weighted by Crippen LogP contribution is -2.43. The number of piperidine rings is 1. The molecule has 3 N–H and O–H groups in total. The van der Waals surface area contributed by atoms with Gasteiger partial charge in [-0.25, -0.2) is 0 Å². The molecule has 100 valence electrons. The molecule has 1 saturated heterocycles. The number of nitrogen functional groups attached to an aromatic ring is 1. The number of hydrogen-bond donors (Lipinski definition) is 2. The third kappa shape index (κ3) is 2.32. The standard InChI is InChI=1S/C12H21N5O/c1-3-12(4-2)5-7-17(8-6-12)10(18)9-14-11(13)16-15-9/h3-8H2,1-2H3,(H3,13,14,15,16). The minimum atomic E-state index is -0.0972. The Balaban J connectivity index is 1.99. The van der Waals surface area contributed by atoms with Gasteiger partial charge in [0.05, 0.1) is 0 Å². The van der Waals surface area contributed by atoms with Crippen LogP contribution in [-0.2, 0) is 0 Å². The monoisotopic (exact) mass is 251 g/mol. The van der Waals surface area contributed by atoms with Gasteiger partial charge in [-0.3, -0.25) is 9.89 Å². The van der Waals surface area contributed by atoms with E-state index in [0.29, 0.717) is 5.41 Å². The molecule has 6 nitrogen and oxygen atoms in total. The first-order chi connectivity index (χ1) is 8.60. The Bertz CT molecular complexity index is 414. The quantitative estimate of drug-likeness (QED) is 0.850. The van der Waals surface area contributed by atoms with E-state index in [4.69, 9.17) is 5.73 Å². The van der Waals surface area contributed by atoms with Crippen molar-refractivity contribution in [2.75, 3.05) is 18.8 Å². The minimum absolute atomic E-state index is 0.0972. The Morgan fingerprint density at radius 1 is 1.39 bits per heavy atom. The Morgan fingerprint density at radius 2 is 2.00 bits per heavy atom. The van der Waals surface area contributed by atoms with Gasteiger partial charge < -0.3 is 10.6 Å². The highest BCUT2D eigenvalue weighted by Gasteiger charge is 2.33. The Kier molecular flexibility index (Phi) is 3.54. The van der Waals surface area contributed by atoms with Crippen LogP contribution in [0, 0.1) is 5.41 Å². The van der Waals surface area contributed by atoms with Crippen LogP contribution in [0.4, 0.5) is 5.95 Å². The van der Waals surface area contributed by atoms with Crippen molar-refractivity contribution < 1.29 is 4.79 Å². The zero-order valence-electron chi connectivity index (χ0n) is 11.1. The molecule has 1 fully saturated rings. The van der Waals surface area contributed by atoms with Gasteiger partial charge in [-0.2, -0.15) is 4.98 Å².